The minimum absolute atomic E-state index is 0.642. The Labute approximate surface area is 324 Å². The summed E-state index contributed by atoms with van der Waals surface area (Å²) >= 11 is 0. The Kier molecular flexibility index (Phi) is 7.42. The second kappa shape index (κ2) is 13.0. The first-order valence-electron chi connectivity index (χ1n) is 18.9. The zero-order chi connectivity index (χ0) is 37.0. The average Bonchev–Trinajstić information content (AvgIpc) is 3.60. The zero-order valence-corrected chi connectivity index (χ0v) is 30.3. The Morgan fingerprint density at radius 2 is 0.875 bits per heavy atom. The fourth-order valence-corrected chi connectivity index (χ4v) is 8.11. The average molecular weight is 716 g/mol. The number of rotatable bonds is 5. The molecule has 11 rings (SSSR count). The van der Waals surface area contributed by atoms with E-state index in [1.165, 1.54) is 38.5 Å². The normalized spacial score (nSPS) is 11.9. The van der Waals surface area contributed by atoms with Crippen LogP contribution in [0.3, 0.4) is 0 Å². The Hall–Kier alpha value is -7.63. The molecule has 262 valence electrons. The molecule has 0 bridgehead atoms. The smallest absolute Gasteiger partial charge is 0.164 e. The van der Waals surface area contributed by atoms with Crippen LogP contribution in [0.15, 0.2) is 200 Å². The Morgan fingerprint density at radius 3 is 1.55 bits per heavy atom. The van der Waals surface area contributed by atoms with Crippen molar-refractivity contribution < 1.29 is 0 Å². The summed E-state index contributed by atoms with van der Waals surface area (Å²) in [4.78, 5) is 17.1. The molecule has 0 saturated carbocycles. The van der Waals surface area contributed by atoms with Gasteiger partial charge < -0.3 is 0 Å². The molecule has 8 aromatic carbocycles. The van der Waals surface area contributed by atoms with Crippen molar-refractivity contribution in [3.8, 4) is 62.1 Å². The molecular formula is C51H33N5. The molecule has 5 heteroatoms. The molecular weight excluding hydrogens is 683 g/mol. The number of fused-ring (bicyclic) bond motifs is 9. The van der Waals surface area contributed by atoms with Crippen LogP contribution >= 0.6 is 0 Å². The number of anilines is 3. The number of hydrogen-bond acceptors (Lipinski definition) is 4. The fourth-order valence-electron chi connectivity index (χ4n) is 8.11. The predicted molar refractivity (Wildman–Crippen MR) is 230 cm³/mol. The summed E-state index contributed by atoms with van der Waals surface area (Å²) in [6.45, 7) is 0. The molecule has 10 aromatic rings. The fraction of sp³-hybridized carbons (Fsp3) is 0. The summed E-state index contributed by atoms with van der Waals surface area (Å²) in [6, 6.07) is 70.6. The lowest BCUT2D eigenvalue weighted by Crippen LogP contribution is -2.13. The van der Waals surface area contributed by atoms with Crippen LogP contribution in [0.5, 0.6) is 0 Å². The SMILES string of the molecule is c1ccc(-c2nc(-c3ccccc3)nc(-c3ccc(-c4ccc(N5c6ccc7ccccc7c6-c6ccccc6-n6c5cc5ccccc56)cc4)cc3)n2)cc1. The second-order valence-corrected chi connectivity index (χ2v) is 14.1. The number of nitrogens with zero attached hydrogens (tertiary/aromatic N) is 5. The van der Waals surface area contributed by atoms with Gasteiger partial charge in [0, 0.05) is 38.9 Å². The topological polar surface area (TPSA) is 46.8 Å². The number of para-hydroxylation sites is 2. The first-order chi connectivity index (χ1) is 27.8. The zero-order valence-electron chi connectivity index (χ0n) is 30.3. The standard InChI is InChI=1S/C51H33N5/c1-3-14-37(15-4-1)49-52-50(38-16-5-2-6-17-38)54-51(53-49)39-25-23-34(24-26-39)35-27-30-41(31-28-35)55-46-32-29-36-13-7-9-19-42(36)48(46)43-20-10-12-22-45(43)56-44-21-11-8-18-40(44)33-47(55)56/h1-33H. The van der Waals surface area contributed by atoms with Crippen LogP contribution in [0.25, 0.3) is 83.8 Å². The highest BCUT2D eigenvalue weighted by atomic mass is 15.3. The van der Waals surface area contributed by atoms with Crippen LogP contribution < -0.4 is 4.90 Å². The summed E-state index contributed by atoms with van der Waals surface area (Å²) in [5.74, 6) is 3.05. The molecule has 2 aromatic heterocycles. The van der Waals surface area contributed by atoms with E-state index in [-0.39, 0.29) is 0 Å². The van der Waals surface area contributed by atoms with Gasteiger partial charge in [0.2, 0.25) is 0 Å². The van der Waals surface area contributed by atoms with Crippen LogP contribution in [0.2, 0.25) is 0 Å². The van der Waals surface area contributed by atoms with Crippen molar-refractivity contribution in [2.75, 3.05) is 4.90 Å². The van der Waals surface area contributed by atoms with Crippen LogP contribution in [-0.4, -0.2) is 19.5 Å². The van der Waals surface area contributed by atoms with Gasteiger partial charge >= 0.3 is 0 Å². The Morgan fingerprint density at radius 1 is 0.357 bits per heavy atom. The highest BCUT2D eigenvalue weighted by Crippen LogP contribution is 2.51. The van der Waals surface area contributed by atoms with Crippen molar-refractivity contribution in [2.45, 2.75) is 0 Å². The summed E-state index contributed by atoms with van der Waals surface area (Å²) in [7, 11) is 0. The van der Waals surface area contributed by atoms with Crippen LogP contribution in [0, 0.1) is 0 Å². The molecule has 0 atom stereocenters. The van der Waals surface area contributed by atoms with Gasteiger partial charge in [0.1, 0.15) is 5.82 Å². The van der Waals surface area contributed by atoms with E-state index < -0.39 is 0 Å². The van der Waals surface area contributed by atoms with Gasteiger partial charge in [-0.3, -0.25) is 9.47 Å². The number of benzene rings is 8. The molecule has 0 fully saturated rings. The molecule has 1 aliphatic rings. The predicted octanol–water partition coefficient (Wildman–Crippen LogP) is 13.1. The first kappa shape index (κ1) is 31.9. The lowest BCUT2D eigenvalue weighted by atomic mass is 9.94. The minimum Gasteiger partial charge on any atom is -0.295 e. The third kappa shape index (κ3) is 5.29. The number of hydrogen-bond donors (Lipinski definition) is 0. The quantitative estimate of drug-likeness (QED) is 0.178. The molecule has 56 heavy (non-hydrogen) atoms. The Bertz CT molecular complexity index is 3000. The summed E-state index contributed by atoms with van der Waals surface area (Å²) in [6.07, 6.45) is 0. The minimum atomic E-state index is 0.642. The van der Waals surface area contributed by atoms with Gasteiger partial charge in [0.25, 0.3) is 0 Å². The van der Waals surface area contributed by atoms with E-state index in [9.17, 15) is 0 Å². The first-order valence-corrected chi connectivity index (χ1v) is 18.9. The summed E-state index contributed by atoms with van der Waals surface area (Å²) in [5, 5.41) is 3.66. The molecule has 0 spiro atoms. The van der Waals surface area contributed by atoms with Crippen molar-refractivity contribution in [3.63, 3.8) is 0 Å². The van der Waals surface area contributed by atoms with E-state index in [1.807, 2.05) is 60.7 Å². The van der Waals surface area contributed by atoms with Gasteiger partial charge in [0.15, 0.2) is 17.5 Å². The lowest BCUT2D eigenvalue weighted by Gasteiger charge is -2.26. The van der Waals surface area contributed by atoms with E-state index >= 15 is 0 Å². The van der Waals surface area contributed by atoms with E-state index in [1.54, 1.807) is 0 Å². The molecule has 1 aliphatic heterocycles. The van der Waals surface area contributed by atoms with E-state index in [0.717, 1.165) is 45.0 Å². The van der Waals surface area contributed by atoms with Gasteiger partial charge in [-0.2, -0.15) is 0 Å². The van der Waals surface area contributed by atoms with Crippen molar-refractivity contribution >= 4 is 38.9 Å². The maximum atomic E-state index is 4.93. The highest BCUT2D eigenvalue weighted by Gasteiger charge is 2.29. The maximum Gasteiger partial charge on any atom is 0.164 e. The molecule has 3 heterocycles. The molecule has 0 amide bonds. The second-order valence-electron chi connectivity index (χ2n) is 14.1. The highest BCUT2D eigenvalue weighted by molar-refractivity contribution is 6.09. The molecule has 0 saturated heterocycles. The largest absolute Gasteiger partial charge is 0.295 e. The third-order valence-corrected chi connectivity index (χ3v) is 10.8. The summed E-state index contributed by atoms with van der Waals surface area (Å²) < 4.78 is 2.42. The van der Waals surface area contributed by atoms with Gasteiger partial charge in [-0.05, 0) is 58.3 Å². The van der Waals surface area contributed by atoms with Crippen molar-refractivity contribution in [1.29, 1.82) is 0 Å². The molecule has 0 aliphatic carbocycles. The van der Waals surface area contributed by atoms with Crippen LogP contribution in [0.4, 0.5) is 17.2 Å². The monoisotopic (exact) mass is 715 g/mol. The molecule has 0 radical (unpaired) electrons. The molecule has 0 N–H and O–H groups in total. The van der Waals surface area contributed by atoms with E-state index in [2.05, 4.69) is 149 Å². The third-order valence-electron chi connectivity index (χ3n) is 10.8. The van der Waals surface area contributed by atoms with Gasteiger partial charge in [-0.25, -0.2) is 15.0 Å². The van der Waals surface area contributed by atoms with Gasteiger partial charge in [0.05, 0.1) is 16.9 Å². The van der Waals surface area contributed by atoms with E-state index in [4.69, 9.17) is 15.0 Å². The number of aromatic nitrogens is 4. The summed E-state index contributed by atoms with van der Waals surface area (Å²) in [5.41, 5.74) is 12.1. The molecule has 5 nitrogen and oxygen atoms in total. The van der Waals surface area contributed by atoms with Crippen molar-refractivity contribution in [3.05, 3.63) is 200 Å². The lowest BCUT2D eigenvalue weighted by molar-refractivity contribution is 1.07. The Balaban J connectivity index is 1.00. The van der Waals surface area contributed by atoms with Crippen LogP contribution in [0.1, 0.15) is 0 Å². The molecule has 0 unspecified atom stereocenters. The van der Waals surface area contributed by atoms with Gasteiger partial charge in [-0.1, -0.05) is 164 Å². The van der Waals surface area contributed by atoms with Gasteiger partial charge in [-0.15, -0.1) is 0 Å². The van der Waals surface area contributed by atoms with Crippen molar-refractivity contribution in [1.82, 2.24) is 19.5 Å². The maximum absolute atomic E-state index is 4.93. The van der Waals surface area contributed by atoms with Crippen LogP contribution in [-0.2, 0) is 0 Å². The van der Waals surface area contributed by atoms with E-state index in [0.29, 0.717) is 17.5 Å². The van der Waals surface area contributed by atoms with Crippen molar-refractivity contribution in [2.24, 2.45) is 0 Å².